The maximum Gasteiger partial charge on any atom is 0.195 e. The number of nitrogens with two attached hydrogens (primary N) is 1. The van der Waals surface area contributed by atoms with E-state index in [2.05, 4.69) is 6.92 Å². The second-order valence-corrected chi connectivity index (χ2v) is 7.74. The van der Waals surface area contributed by atoms with Gasteiger partial charge in [-0.25, -0.2) is 4.98 Å². The fourth-order valence-corrected chi connectivity index (χ4v) is 5.74. The van der Waals surface area contributed by atoms with Gasteiger partial charge in [-0.3, -0.25) is 0 Å². The van der Waals surface area contributed by atoms with Gasteiger partial charge < -0.3 is 10.2 Å². The first-order chi connectivity index (χ1) is 9.66. The van der Waals surface area contributed by atoms with E-state index in [9.17, 15) is 0 Å². The molecule has 0 aromatic carbocycles. The van der Waals surface area contributed by atoms with Gasteiger partial charge in [0.05, 0.1) is 5.69 Å². The van der Waals surface area contributed by atoms with Crippen LogP contribution in [-0.2, 0) is 12.8 Å². The quantitative estimate of drug-likeness (QED) is 0.917. The average molecular weight is 274 g/mol. The highest BCUT2D eigenvalue weighted by atomic mass is 16.4. The molecular weight excluding hydrogens is 248 g/mol. The predicted octanol–water partition coefficient (Wildman–Crippen LogP) is 3.24. The van der Waals surface area contributed by atoms with Gasteiger partial charge in [-0.2, -0.15) is 0 Å². The Morgan fingerprint density at radius 1 is 1.15 bits per heavy atom. The molecule has 110 valence electrons. The lowest BCUT2D eigenvalue weighted by atomic mass is 9.48. The molecular formula is C17H26N2O. The third-order valence-electron chi connectivity index (χ3n) is 6.00. The van der Waals surface area contributed by atoms with Crippen LogP contribution >= 0.6 is 0 Å². The summed E-state index contributed by atoms with van der Waals surface area (Å²) in [7, 11) is 0. The average Bonchev–Trinajstić information content (AvgIpc) is 2.67. The molecule has 3 nitrogen and oxygen atoms in total. The largest absolute Gasteiger partial charge is 0.446 e. The molecule has 20 heavy (non-hydrogen) atoms. The molecule has 0 spiro atoms. The van der Waals surface area contributed by atoms with Crippen molar-refractivity contribution < 1.29 is 4.42 Å². The second kappa shape index (κ2) is 4.59. The lowest BCUT2D eigenvalue weighted by Crippen LogP contribution is -2.47. The van der Waals surface area contributed by atoms with Crippen molar-refractivity contribution in [2.75, 3.05) is 6.54 Å². The molecule has 0 atom stereocenters. The van der Waals surface area contributed by atoms with Gasteiger partial charge in [0.1, 0.15) is 5.76 Å². The van der Waals surface area contributed by atoms with Gasteiger partial charge in [-0.15, -0.1) is 0 Å². The van der Waals surface area contributed by atoms with Gasteiger partial charge in [0, 0.05) is 13.0 Å². The second-order valence-electron chi connectivity index (χ2n) is 7.74. The molecule has 0 saturated heterocycles. The van der Waals surface area contributed by atoms with E-state index in [1.807, 2.05) is 0 Å². The lowest BCUT2D eigenvalue weighted by molar-refractivity contribution is -0.0527. The molecule has 5 rings (SSSR count). The summed E-state index contributed by atoms with van der Waals surface area (Å²) in [6, 6.07) is 0. The maximum absolute atomic E-state index is 5.78. The summed E-state index contributed by atoms with van der Waals surface area (Å²) in [5, 5.41) is 0. The number of hydrogen-bond acceptors (Lipinski definition) is 3. The molecule has 4 aliphatic carbocycles. The fourth-order valence-electron chi connectivity index (χ4n) is 5.74. The van der Waals surface area contributed by atoms with Crippen LogP contribution in [0.3, 0.4) is 0 Å². The minimum absolute atomic E-state index is 0.552. The Labute approximate surface area is 121 Å². The van der Waals surface area contributed by atoms with Crippen molar-refractivity contribution in [3.63, 3.8) is 0 Å². The molecule has 0 amide bonds. The van der Waals surface area contributed by atoms with Crippen molar-refractivity contribution in [2.45, 2.75) is 58.3 Å². The van der Waals surface area contributed by atoms with E-state index in [-0.39, 0.29) is 0 Å². The Balaban J connectivity index is 1.56. The van der Waals surface area contributed by atoms with Crippen LogP contribution in [0.15, 0.2) is 4.42 Å². The smallest absolute Gasteiger partial charge is 0.195 e. The van der Waals surface area contributed by atoms with Crippen molar-refractivity contribution in [1.29, 1.82) is 0 Å². The molecule has 0 radical (unpaired) electrons. The van der Waals surface area contributed by atoms with Crippen molar-refractivity contribution >= 4 is 0 Å². The molecule has 4 fully saturated rings. The van der Waals surface area contributed by atoms with Gasteiger partial charge in [0.2, 0.25) is 0 Å². The van der Waals surface area contributed by atoms with Crippen LogP contribution < -0.4 is 5.73 Å². The highest BCUT2D eigenvalue weighted by Gasteiger charge is 2.51. The van der Waals surface area contributed by atoms with E-state index in [0.29, 0.717) is 12.0 Å². The SMILES string of the molecule is Cc1oc(CCN)nc1CC12CC3CC(CC(C3)C1)C2. The molecule has 0 aliphatic heterocycles. The van der Waals surface area contributed by atoms with Gasteiger partial charge in [0.15, 0.2) is 5.89 Å². The summed E-state index contributed by atoms with van der Waals surface area (Å²) in [6.45, 7) is 2.69. The predicted molar refractivity (Wildman–Crippen MR) is 78.3 cm³/mol. The Kier molecular flexibility index (Phi) is 2.95. The summed E-state index contributed by atoms with van der Waals surface area (Å²) in [5.74, 6) is 4.90. The van der Waals surface area contributed by atoms with Crippen LogP contribution in [0.5, 0.6) is 0 Å². The Morgan fingerprint density at radius 2 is 1.75 bits per heavy atom. The van der Waals surface area contributed by atoms with Crippen LogP contribution in [-0.4, -0.2) is 11.5 Å². The van der Waals surface area contributed by atoms with E-state index < -0.39 is 0 Å². The third kappa shape index (κ3) is 2.11. The topological polar surface area (TPSA) is 52.0 Å². The molecule has 1 heterocycles. The van der Waals surface area contributed by atoms with Gasteiger partial charge in [-0.1, -0.05) is 0 Å². The van der Waals surface area contributed by atoms with Crippen molar-refractivity contribution in [3.05, 3.63) is 17.3 Å². The Hall–Kier alpha value is -0.830. The number of nitrogens with zero attached hydrogens (tertiary/aromatic N) is 1. The molecule has 1 aromatic rings. The summed E-state index contributed by atoms with van der Waals surface area (Å²) in [4.78, 5) is 4.73. The molecule has 3 heteroatoms. The Morgan fingerprint density at radius 3 is 2.30 bits per heavy atom. The number of hydrogen-bond donors (Lipinski definition) is 1. The van der Waals surface area contributed by atoms with Crippen molar-refractivity contribution in [2.24, 2.45) is 28.9 Å². The third-order valence-corrected chi connectivity index (χ3v) is 6.00. The van der Waals surface area contributed by atoms with Crippen molar-refractivity contribution in [1.82, 2.24) is 4.98 Å². The van der Waals surface area contributed by atoms with Gasteiger partial charge in [-0.05, 0) is 75.0 Å². The number of oxazole rings is 1. The molecule has 1 aromatic heterocycles. The highest BCUT2D eigenvalue weighted by Crippen LogP contribution is 2.61. The van der Waals surface area contributed by atoms with Gasteiger partial charge in [0.25, 0.3) is 0 Å². The molecule has 2 N–H and O–H groups in total. The normalized spacial score (nSPS) is 38.6. The van der Waals surface area contributed by atoms with Crippen LogP contribution in [0, 0.1) is 30.1 Å². The van der Waals surface area contributed by atoms with Crippen LogP contribution in [0.1, 0.15) is 55.9 Å². The first kappa shape index (κ1) is 12.9. The van der Waals surface area contributed by atoms with Crippen LogP contribution in [0.4, 0.5) is 0 Å². The zero-order valence-electron chi connectivity index (χ0n) is 12.5. The lowest BCUT2D eigenvalue weighted by Gasteiger charge is -2.56. The van der Waals surface area contributed by atoms with E-state index in [1.165, 1.54) is 44.2 Å². The van der Waals surface area contributed by atoms with Crippen molar-refractivity contribution in [3.8, 4) is 0 Å². The van der Waals surface area contributed by atoms with E-state index in [4.69, 9.17) is 15.1 Å². The monoisotopic (exact) mass is 274 g/mol. The van der Waals surface area contributed by atoms with Gasteiger partial charge >= 0.3 is 0 Å². The summed E-state index contributed by atoms with van der Waals surface area (Å²) < 4.78 is 5.78. The summed E-state index contributed by atoms with van der Waals surface area (Å²) in [6.07, 6.45) is 10.8. The number of aromatic nitrogens is 1. The molecule has 0 unspecified atom stereocenters. The number of aryl methyl sites for hydroxylation is 1. The Bertz CT molecular complexity index is 470. The van der Waals surface area contributed by atoms with E-state index in [1.54, 1.807) is 0 Å². The summed E-state index contributed by atoms with van der Waals surface area (Å²) >= 11 is 0. The van der Waals surface area contributed by atoms with E-state index in [0.717, 1.165) is 42.2 Å². The standard InChI is InChI=1S/C17H26N2O/c1-11-15(19-16(20-11)2-3-18)10-17-7-12-4-13(8-17)6-14(5-12)9-17/h12-14H,2-10,18H2,1H3. The zero-order valence-corrected chi connectivity index (χ0v) is 12.5. The minimum Gasteiger partial charge on any atom is -0.446 e. The van der Waals surface area contributed by atoms with E-state index >= 15 is 0 Å². The van der Waals surface area contributed by atoms with Crippen LogP contribution in [0.2, 0.25) is 0 Å². The highest BCUT2D eigenvalue weighted by molar-refractivity contribution is 5.14. The first-order valence-electron chi connectivity index (χ1n) is 8.31. The molecule has 4 bridgehead atoms. The maximum atomic E-state index is 5.78. The molecule has 4 aliphatic rings. The first-order valence-corrected chi connectivity index (χ1v) is 8.31. The zero-order chi connectivity index (χ0) is 13.7. The fraction of sp³-hybridized carbons (Fsp3) is 0.824. The number of rotatable bonds is 4. The van der Waals surface area contributed by atoms with Crippen LogP contribution in [0.25, 0.3) is 0 Å². The molecule has 4 saturated carbocycles. The summed E-state index contributed by atoms with van der Waals surface area (Å²) in [5.41, 5.74) is 7.38. The minimum atomic E-state index is 0.552.